The van der Waals surface area contributed by atoms with Gasteiger partial charge in [0.05, 0.1) is 21.2 Å². The van der Waals surface area contributed by atoms with Gasteiger partial charge in [-0.25, -0.2) is 0 Å². The SMILES string of the molecule is CC(O)(CNC(=O)c1ccc(Cl)s1)CC(=O)O. The lowest BCUT2D eigenvalue weighted by atomic mass is 10.0. The van der Waals surface area contributed by atoms with E-state index in [0.717, 1.165) is 11.3 Å². The van der Waals surface area contributed by atoms with Crippen LogP contribution in [0, 0.1) is 0 Å². The molecule has 1 heterocycles. The Morgan fingerprint density at radius 1 is 1.53 bits per heavy atom. The van der Waals surface area contributed by atoms with Crippen molar-refractivity contribution in [2.75, 3.05) is 6.54 Å². The van der Waals surface area contributed by atoms with Gasteiger partial charge in [-0.3, -0.25) is 9.59 Å². The lowest BCUT2D eigenvalue weighted by molar-refractivity contribution is -0.141. The Morgan fingerprint density at radius 2 is 2.18 bits per heavy atom. The number of carbonyl (C=O) groups is 2. The summed E-state index contributed by atoms with van der Waals surface area (Å²) >= 11 is 6.79. The van der Waals surface area contributed by atoms with Crippen molar-refractivity contribution < 1.29 is 19.8 Å². The Balaban J connectivity index is 2.51. The first-order chi connectivity index (χ1) is 7.80. The Labute approximate surface area is 107 Å². The maximum Gasteiger partial charge on any atom is 0.306 e. The molecule has 0 fully saturated rings. The van der Waals surface area contributed by atoms with Crippen LogP contribution in [0.1, 0.15) is 23.0 Å². The Bertz CT molecular complexity index is 430. The molecule has 17 heavy (non-hydrogen) atoms. The summed E-state index contributed by atoms with van der Waals surface area (Å²) in [5, 5.41) is 20.7. The van der Waals surface area contributed by atoms with Crippen LogP contribution in [0.5, 0.6) is 0 Å². The van der Waals surface area contributed by atoms with Gasteiger partial charge in [0.1, 0.15) is 0 Å². The summed E-state index contributed by atoms with van der Waals surface area (Å²) in [5.74, 6) is -1.50. The van der Waals surface area contributed by atoms with Crippen LogP contribution in [-0.4, -0.2) is 34.2 Å². The van der Waals surface area contributed by atoms with Crippen molar-refractivity contribution in [1.82, 2.24) is 5.32 Å². The van der Waals surface area contributed by atoms with E-state index >= 15 is 0 Å². The highest BCUT2D eigenvalue weighted by Gasteiger charge is 2.25. The van der Waals surface area contributed by atoms with Crippen molar-refractivity contribution in [1.29, 1.82) is 0 Å². The number of hydrogen-bond donors (Lipinski definition) is 3. The van der Waals surface area contributed by atoms with E-state index in [-0.39, 0.29) is 12.5 Å². The Morgan fingerprint density at radius 3 is 2.65 bits per heavy atom. The molecular weight excluding hydrogens is 266 g/mol. The number of aliphatic carboxylic acids is 1. The third-order valence-electron chi connectivity index (χ3n) is 1.96. The van der Waals surface area contributed by atoms with E-state index in [4.69, 9.17) is 16.7 Å². The number of thiophene rings is 1. The van der Waals surface area contributed by atoms with E-state index in [9.17, 15) is 14.7 Å². The molecule has 0 spiro atoms. The minimum absolute atomic E-state index is 0.131. The zero-order valence-electron chi connectivity index (χ0n) is 9.07. The second kappa shape index (κ2) is 5.48. The highest BCUT2D eigenvalue weighted by molar-refractivity contribution is 7.17. The summed E-state index contributed by atoms with van der Waals surface area (Å²) in [6.07, 6.45) is -0.432. The number of hydrogen-bond acceptors (Lipinski definition) is 4. The lowest BCUT2D eigenvalue weighted by Gasteiger charge is -2.21. The number of amides is 1. The van der Waals surface area contributed by atoms with Gasteiger partial charge in [-0.15, -0.1) is 11.3 Å². The van der Waals surface area contributed by atoms with Crippen molar-refractivity contribution in [3.8, 4) is 0 Å². The Kier molecular flexibility index (Phi) is 4.50. The molecule has 1 atom stereocenters. The largest absolute Gasteiger partial charge is 0.481 e. The number of nitrogens with one attached hydrogen (secondary N) is 1. The molecule has 0 aliphatic carbocycles. The topological polar surface area (TPSA) is 86.6 Å². The average Bonchev–Trinajstić information content (AvgIpc) is 2.59. The summed E-state index contributed by atoms with van der Waals surface area (Å²) in [4.78, 5) is 22.4. The summed E-state index contributed by atoms with van der Waals surface area (Å²) in [6, 6.07) is 3.16. The van der Waals surface area contributed by atoms with Gasteiger partial charge in [0, 0.05) is 6.54 Å². The molecule has 7 heteroatoms. The molecule has 0 bridgehead atoms. The first kappa shape index (κ1) is 14.0. The van der Waals surface area contributed by atoms with E-state index in [1.807, 2.05) is 0 Å². The average molecular weight is 278 g/mol. The van der Waals surface area contributed by atoms with Gasteiger partial charge in [-0.05, 0) is 19.1 Å². The fourth-order valence-electron chi connectivity index (χ4n) is 1.18. The molecule has 1 aromatic heterocycles. The number of carboxylic acid groups (broad SMARTS) is 1. The molecule has 94 valence electrons. The van der Waals surface area contributed by atoms with Crippen LogP contribution in [0.25, 0.3) is 0 Å². The van der Waals surface area contributed by atoms with Crippen LogP contribution < -0.4 is 5.32 Å². The van der Waals surface area contributed by atoms with Gasteiger partial charge in [0.25, 0.3) is 5.91 Å². The van der Waals surface area contributed by atoms with Crippen LogP contribution in [0.15, 0.2) is 12.1 Å². The monoisotopic (exact) mass is 277 g/mol. The third kappa shape index (κ3) is 4.72. The van der Waals surface area contributed by atoms with Crippen molar-refractivity contribution in [2.24, 2.45) is 0 Å². The predicted molar refractivity (Wildman–Crippen MR) is 64.5 cm³/mol. The first-order valence-electron chi connectivity index (χ1n) is 4.78. The van der Waals surface area contributed by atoms with Gasteiger partial charge >= 0.3 is 5.97 Å². The maximum atomic E-state index is 11.6. The molecule has 0 aromatic carbocycles. The molecule has 5 nitrogen and oxygen atoms in total. The van der Waals surface area contributed by atoms with Gasteiger partial charge < -0.3 is 15.5 Å². The smallest absolute Gasteiger partial charge is 0.306 e. The quantitative estimate of drug-likeness (QED) is 0.758. The zero-order valence-corrected chi connectivity index (χ0v) is 10.6. The summed E-state index contributed by atoms with van der Waals surface area (Å²) in [7, 11) is 0. The first-order valence-corrected chi connectivity index (χ1v) is 5.97. The van der Waals surface area contributed by atoms with E-state index in [1.54, 1.807) is 12.1 Å². The van der Waals surface area contributed by atoms with Crippen LogP contribution in [0.4, 0.5) is 0 Å². The van der Waals surface area contributed by atoms with E-state index < -0.39 is 18.0 Å². The second-order valence-electron chi connectivity index (χ2n) is 3.85. The van der Waals surface area contributed by atoms with Crippen LogP contribution in [-0.2, 0) is 4.79 Å². The van der Waals surface area contributed by atoms with Crippen molar-refractivity contribution in [3.05, 3.63) is 21.3 Å². The van der Waals surface area contributed by atoms with Crippen LogP contribution in [0.3, 0.4) is 0 Å². The van der Waals surface area contributed by atoms with E-state index in [0.29, 0.717) is 9.21 Å². The number of aliphatic hydroxyl groups is 1. The zero-order chi connectivity index (χ0) is 13.1. The van der Waals surface area contributed by atoms with Gasteiger partial charge in [-0.2, -0.15) is 0 Å². The normalized spacial score (nSPS) is 14.1. The number of carbonyl (C=O) groups excluding carboxylic acids is 1. The molecule has 1 aromatic rings. The molecule has 0 aliphatic rings. The molecule has 0 aliphatic heterocycles. The third-order valence-corrected chi connectivity index (χ3v) is 3.19. The highest BCUT2D eigenvalue weighted by Crippen LogP contribution is 2.21. The number of rotatable bonds is 5. The van der Waals surface area contributed by atoms with Crippen LogP contribution in [0.2, 0.25) is 4.34 Å². The number of carboxylic acids is 1. The predicted octanol–water partition coefficient (Wildman–Crippen LogP) is 1.36. The van der Waals surface area contributed by atoms with Crippen molar-refractivity contribution in [2.45, 2.75) is 18.9 Å². The van der Waals surface area contributed by atoms with Crippen LogP contribution >= 0.6 is 22.9 Å². The molecule has 1 rings (SSSR count). The maximum absolute atomic E-state index is 11.6. The molecule has 3 N–H and O–H groups in total. The minimum Gasteiger partial charge on any atom is -0.481 e. The Hall–Kier alpha value is -1.11. The van der Waals surface area contributed by atoms with Gasteiger partial charge in [0.2, 0.25) is 0 Å². The molecule has 1 amide bonds. The van der Waals surface area contributed by atoms with Gasteiger partial charge in [-0.1, -0.05) is 11.6 Å². The summed E-state index contributed by atoms with van der Waals surface area (Å²) in [6.45, 7) is 1.22. The summed E-state index contributed by atoms with van der Waals surface area (Å²) < 4.78 is 0.493. The van der Waals surface area contributed by atoms with E-state index in [2.05, 4.69) is 5.32 Å². The number of halogens is 1. The lowest BCUT2D eigenvalue weighted by Crippen LogP contribution is -2.41. The highest BCUT2D eigenvalue weighted by atomic mass is 35.5. The fourth-order valence-corrected chi connectivity index (χ4v) is 2.14. The van der Waals surface area contributed by atoms with Crippen molar-refractivity contribution >= 4 is 34.8 Å². The second-order valence-corrected chi connectivity index (χ2v) is 5.57. The molecule has 0 saturated carbocycles. The summed E-state index contributed by atoms with van der Waals surface area (Å²) in [5.41, 5.74) is -1.47. The minimum atomic E-state index is -1.47. The van der Waals surface area contributed by atoms with E-state index in [1.165, 1.54) is 6.92 Å². The molecule has 0 radical (unpaired) electrons. The van der Waals surface area contributed by atoms with Crippen molar-refractivity contribution in [3.63, 3.8) is 0 Å². The fraction of sp³-hybridized carbons (Fsp3) is 0.400. The molecule has 0 saturated heterocycles. The molecule has 1 unspecified atom stereocenters. The van der Waals surface area contributed by atoms with Gasteiger partial charge in [0.15, 0.2) is 0 Å². The molecular formula is C10H12ClNO4S. The standard InChI is InChI=1S/C10H12ClNO4S/c1-10(16,4-8(13)14)5-12-9(15)6-2-3-7(11)17-6/h2-3,16H,4-5H2,1H3,(H,12,15)(H,13,14).